The average Bonchev–Trinajstić information content (AvgIpc) is 2.46. The lowest BCUT2D eigenvalue weighted by Crippen LogP contribution is -2.58. The maximum absolute atomic E-state index is 12.0. The molecule has 2 rings (SSSR count). The molecule has 5 nitrogen and oxygen atoms in total. The second kappa shape index (κ2) is 6.05. The smallest absolute Gasteiger partial charge is 0.329 e. The minimum atomic E-state index is -1.15. The van der Waals surface area contributed by atoms with Gasteiger partial charge in [-0.3, -0.25) is 4.79 Å². The van der Waals surface area contributed by atoms with Crippen LogP contribution in [0, 0.1) is 0 Å². The third kappa shape index (κ3) is 2.82. The molecule has 1 aromatic rings. The van der Waals surface area contributed by atoms with Gasteiger partial charge in [-0.25, -0.2) is 4.79 Å². The van der Waals surface area contributed by atoms with Crippen molar-refractivity contribution in [3.8, 4) is 0 Å². The van der Waals surface area contributed by atoms with Gasteiger partial charge in [0.05, 0.1) is 0 Å². The van der Waals surface area contributed by atoms with Crippen molar-refractivity contribution in [3.05, 3.63) is 35.9 Å². The molecular formula is C15H19NO4. The Morgan fingerprint density at radius 3 is 2.35 bits per heavy atom. The Balaban J connectivity index is 2.30. The normalized spacial score (nSPS) is 17.4. The molecule has 5 heteroatoms. The lowest BCUT2D eigenvalue weighted by atomic mass is 9.87. The Hall–Kier alpha value is -1.88. The van der Waals surface area contributed by atoms with E-state index >= 15 is 0 Å². The van der Waals surface area contributed by atoms with Gasteiger partial charge in [0.2, 0.25) is 5.91 Å². The molecule has 20 heavy (non-hydrogen) atoms. The van der Waals surface area contributed by atoms with Crippen LogP contribution in [-0.2, 0) is 20.9 Å². The number of carbonyl (C=O) groups is 2. The Morgan fingerprint density at radius 1 is 1.25 bits per heavy atom. The molecule has 0 aromatic heterocycles. The van der Waals surface area contributed by atoms with Gasteiger partial charge in [-0.2, -0.15) is 0 Å². The van der Waals surface area contributed by atoms with E-state index in [-0.39, 0.29) is 5.91 Å². The summed E-state index contributed by atoms with van der Waals surface area (Å²) >= 11 is 0. The Bertz CT molecular complexity index is 480. The van der Waals surface area contributed by atoms with E-state index in [1.165, 1.54) is 11.8 Å². The lowest BCUT2D eigenvalue weighted by Gasteiger charge is -2.42. The number of nitrogens with zero attached hydrogens (tertiary/aromatic N) is 1. The van der Waals surface area contributed by atoms with Crippen LogP contribution in [0.5, 0.6) is 0 Å². The number of rotatable bonds is 4. The predicted octanol–water partition coefficient (Wildman–Crippen LogP) is 1.67. The molecule has 108 valence electrons. The first-order chi connectivity index (χ1) is 9.56. The minimum Gasteiger partial charge on any atom is -0.479 e. The van der Waals surface area contributed by atoms with Crippen molar-refractivity contribution in [2.75, 3.05) is 13.2 Å². The average molecular weight is 277 g/mol. The molecule has 1 N–H and O–H groups in total. The van der Waals surface area contributed by atoms with E-state index in [0.717, 1.165) is 5.56 Å². The number of hydrogen-bond donors (Lipinski definition) is 1. The van der Waals surface area contributed by atoms with Crippen molar-refractivity contribution in [1.82, 2.24) is 4.90 Å². The molecule has 1 fully saturated rings. The SMILES string of the molecule is CC(=O)N(Cc1ccccc1)C1(C(=O)O)CCOCC1. The van der Waals surface area contributed by atoms with E-state index in [9.17, 15) is 14.7 Å². The highest BCUT2D eigenvalue weighted by molar-refractivity contribution is 5.86. The fraction of sp³-hybridized carbons (Fsp3) is 0.467. The Labute approximate surface area is 118 Å². The first kappa shape index (κ1) is 14.5. The highest BCUT2D eigenvalue weighted by atomic mass is 16.5. The summed E-state index contributed by atoms with van der Waals surface area (Å²) in [5.41, 5.74) is -0.227. The van der Waals surface area contributed by atoms with E-state index in [0.29, 0.717) is 32.6 Å². The van der Waals surface area contributed by atoms with Crippen LogP contribution in [0.3, 0.4) is 0 Å². The fourth-order valence-electron chi connectivity index (χ4n) is 2.64. The second-order valence-corrected chi connectivity index (χ2v) is 5.04. The number of amides is 1. The molecule has 0 saturated carbocycles. The molecule has 1 amide bonds. The zero-order valence-corrected chi connectivity index (χ0v) is 11.5. The van der Waals surface area contributed by atoms with Crippen LogP contribution in [0.2, 0.25) is 0 Å². The maximum atomic E-state index is 12.0. The summed E-state index contributed by atoms with van der Waals surface area (Å²) in [5, 5.41) is 9.64. The van der Waals surface area contributed by atoms with Crippen molar-refractivity contribution >= 4 is 11.9 Å². The van der Waals surface area contributed by atoms with Crippen LogP contribution < -0.4 is 0 Å². The zero-order valence-electron chi connectivity index (χ0n) is 11.5. The number of aliphatic carboxylic acids is 1. The number of hydrogen-bond acceptors (Lipinski definition) is 3. The molecular weight excluding hydrogens is 258 g/mol. The quantitative estimate of drug-likeness (QED) is 0.909. The molecule has 0 atom stereocenters. The summed E-state index contributed by atoms with van der Waals surface area (Å²) in [6, 6.07) is 9.44. The van der Waals surface area contributed by atoms with Crippen molar-refractivity contribution < 1.29 is 19.4 Å². The molecule has 0 aliphatic carbocycles. The third-order valence-corrected chi connectivity index (χ3v) is 3.80. The van der Waals surface area contributed by atoms with Gasteiger partial charge in [0.25, 0.3) is 0 Å². The van der Waals surface area contributed by atoms with Gasteiger partial charge < -0.3 is 14.7 Å². The molecule has 1 aromatic carbocycles. The van der Waals surface area contributed by atoms with E-state index in [1.54, 1.807) is 0 Å². The van der Waals surface area contributed by atoms with Crippen LogP contribution >= 0.6 is 0 Å². The zero-order chi connectivity index (χ0) is 14.6. The molecule has 1 saturated heterocycles. The topological polar surface area (TPSA) is 66.8 Å². The van der Waals surface area contributed by atoms with Gasteiger partial charge in [-0.1, -0.05) is 30.3 Å². The summed E-state index contributed by atoms with van der Waals surface area (Å²) < 4.78 is 5.25. The predicted molar refractivity (Wildman–Crippen MR) is 73.1 cm³/mol. The standard InChI is InChI=1S/C15H19NO4/c1-12(17)16(11-13-5-3-2-4-6-13)15(14(18)19)7-9-20-10-8-15/h2-6H,7-11H2,1H3,(H,18,19). The highest BCUT2D eigenvalue weighted by Gasteiger charge is 2.46. The van der Waals surface area contributed by atoms with Gasteiger partial charge in [-0.05, 0) is 5.56 Å². The second-order valence-electron chi connectivity index (χ2n) is 5.04. The highest BCUT2D eigenvalue weighted by Crippen LogP contribution is 2.30. The number of carbonyl (C=O) groups excluding carboxylic acids is 1. The monoisotopic (exact) mass is 277 g/mol. The molecule has 1 heterocycles. The lowest BCUT2D eigenvalue weighted by molar-refractivity contribution is -0.166. The number of carboxylic acid groups (broad SMARTS) is 1. The third-order valence-electron chi connectivity index (χ3n) is 3.80. The first-order valence-electron chi connectivity index (χ1n) is 6.69. The molecule has 0 spiro atoms. The molecule has 1 aliphatic rings. The summed E-state index contributed by atoms with van der Waals surface area (Å²) in [6.45, 7) is 2.46. The first-order valence-corrected chi connectivity index (χ1v) is 6.69. The van der Waals surface area contributed by atoms with E-state index in [2.05, 4.69) is 0 Å². The van der Waals surface area contributed by atoms with E-state index in [1.807, 2.05) is 30.3 Å². The number of ether oxygens (including phenoxy) is 1. The molecule has 0 radical (unpaired) electrons. The van der Waals surface area contributed by atoms with Gasteiger partial charge in [0.15, 0.2) is 0 Å². The Morgan fingerprint density at radius 2 is 1.85 bits per heavy atom. The van der Waals surface area contributed by atoms with Crippen LogP contribution in [0.4, 0.5) is 0 Å². The fourth-order valence-corrected chi connectivity index (χ4v) is 2.64. The maximum Gasteiger partial charge on any atom is 0.329 e. The van der Waals surface area contributed by atoms with Gasteiger partial charge in [-0.15, -0.1) is 0 Å². The van der Waals surface area contributed by atoms with Crippen molar-refractivity contribution in [3.63, 3.8) is 0 Å². The summed E-state index contributed by atoms with van der Waals surface area (Å²) in [6.07, 6.45) is 0.656. The van der Waals surface area contributed by atoms with E-state index < -0.39 is 11.5 Å². The van der Waals surface area contributed by atoms with Crippen molar-refractivity contribution in [2.45, 2.75) is 31.8 Å². The Kier molecular flexibility index (Phi) is 4.39. The molecule has 0 bridgehead atoms. The largest absolute Gasteiger partial charge is 0.479 e. The number of benzene rings is 1. The van der Waals surface area contributed by atoms with Crippen LogP contribution in [0.1, 0.15) is 25.3 Å². The van der Waals surface area contributed by atoms with Gasteiger partial charge in [0, 0.05) is 39.5 Å². The van der Waals surface area contributed by atoms with Crippen molar-refractivity contribution in [1.29, 1.82) is 0 Å². The molecule has 0 unspecified atom stereocenters. The minimum absolute atomic E-state index is 0.224. The number of carboxylic acids is 1. The summed E-state index contributed by atoms with van der Waals surface area (Å²) in [5.74, 6) is -1.18. The van der Waals surface area contributed by atoms with Crippen LogP contribution in [0.15, 0.2) is 30.3 Å². The summed E-state index contributed by atoms with van der Waals surface area (Å²) in [4.78, 5) is 25.2. The van der Waals surface area contributed by atoms with Gasteiger partial charge in [0.1, 0.15) is 5.54 Å². The van der Waals surface area contributed by atoms with Crippen LogP contribution in [-0.4, -0.2) is 40.6 Å². The van der Waals surface area contributed by atoms with Crippen molar-refractivity contribution in [2.24, 2.45) is 0 Å². The van der Waals surface area contributed by atoms with Crippen LogP contribution in [0.25, 0.3) is 0 Å². The summed E-state index contributed by atoms with van der Waals surface area (Å²) in [7, 11) is 0. The van der Waals surface area contributed by atoms with Gasteiger partial charge >= 0.3 is 5.97 Å². The molecule has 1 aliphatic heterocycles. The van der Waals surface area contributed by atoms with E-state index in [4.69, 9.17) is 4.74 Å².